The third-order valence-corrected chi connectivity index (χ3v) is 5.84. The van der Waals surface area contributed by atoms with E-state index in [0.29, 0.717) is 12.1 Å². The van der Waals surface area contributed by atoms with E-state index in [0.717, 1.165) is 18.2 Å². The number of hydrogen-bond acceptors (Lipinski definition) is 7. The summed E-state index contributed by atoms with van der Waals surface area (Å²) in [5, 5.41) is 17.7. The van der Waals surface area contributed by atoms with E-state index >= 15 is 0 Å². The van der Waals surface area contributed by atoms with Crippen LogP contribution in [0.5, 0.6) is 11.6 Å². The molecule has 0 spiro atoms. The van der Waals surface area contributed by atoms with Crippen molar-refractivity contribution < 1.29 is 27.3 Å². The lowest BCUT2D eigenvalue weighted by Crippen LogP contribution is -2.25. The number of rotatable bonds is 9. The molecule has 0 saturated heterocycles. The van der Waals surface area contributed by atoms with Gasteiger partial charge in [-0.05, 0) is 36.8 Å². The predicted molar refractivity (Wildman–Crippen MR) is 116 cm³/mol. The minimum atomic E-state index is -4.11. The van der Waals surface area contributed by atoms with Crippen LogP contribution in [0.25, 0.3) is 0 Å². The van der Waals surface area contributed by atoms with Gasteiger partial charge in [0.25, 0.3) is 11.6 Å². The number of halogens is 1. The first-order chi connectivity index (χ1) is 15.6. The van der Waals surface area contributed by atoms with Crippen LogP contribution >= 0.6 is 0 Å². The Balaban J connectivity index is 1.90. The predicted octanol–water partition coefficient (Wildman–Crippen LogP) is 3.20. The largest absolute Gasteiger partial charge is 0.438 e. The van der Waals surface area contributed by atoms with Crippen LogP contribution in [0, 0.1) is 15.9 Å². The fourth-order valence-corrected chi connectivity index (χ4v) is 4.00. The van der Waals surface area contributed by atoms with Gasteiger partial charge in [0, 0.05) is 37.5 Å². The summed E-state index contributed by atoms with van der Waals surface area (Å²) in [7, 11) is -2.64. The molecule has 0 aliphatic heterocycles. The zero-order valence-electron chi connectivity index (χ0n) is 17.6. The number of nitrogens with zero attached hydrogens (tertiary/aromatic N) is 3. The summed E-state index contributed by atoms with van der Waals surface area (Å²) >= 11 is 0. The van der Waals surface area contributed by atoms with Gasteiger partial charge in [0.2, 0.25) is 15.9 Å². The van der Waals surface area contributed by atoms with E-state index < -0.39 is 37.3 Å². The quantitative estimate of drug-likeness (QED) is 0.355. The Morgan fingerprint density at radius 2 is 1.91 bits per heavy atom. The molecule has 1 heterocycles. The molecule has 0 radical (unpaired) electrons. The Labute approximate surface area is 188 Å². The maximum atomic E-state index is 13.0. The fraction of sp³-hybridized carbons (Fsp3) is 0.200. The van der Waals surface area contributed by atoms with Crippen molar-refractivity contribution in [1.29, 1.82) is 0 Å². The topological polar surface area (TPSA) is 145 Å². The normalized spacial score (nSPS) is 11.2. The number of carbonyl (C=O) groups is 1. The second kappa shape index (κ2) is 9.75. The van der Waals surface area contributed by atoms with Gasteiger partial charge in [-0.1, -0.05) is 6.92 Å². The van der Waals surface area contributed by atoms with Crippen molar-refractivity contribution in [2.75, 3.05) is 11.9 Å². The van der Waals surface area contributed by atoms with E-state index in [1.807, 2.05) is 0 Å². The summed E-state index contributed by atoms with van der Waals surface area (Å²) in [6.07, 6.45) is 0.513. The number of non-ortho nitro benzene ring substituents is 1. The van der Waals surface area contributed by atoms with Crippen molar-refractivity contribution >= 4 is 27.3 Å². The highest BCUT2D eigenvalue weighted by atomic mass is 32.2. The van der Waals surface area contributed by atoms with Crippen LogP contribution in [0.3, 0.4) is 0 Å². The smallest absolute Gasteiger partial charge is 0.276 e. The van der Waals surface area contributed by atoms with Gasteiger partial charge in [0.15, 0.2) is 5.69 Å². The molecule has 11 nitrogen and oxygen atoms in total. The van der Waals surface area contributed by atoms with E-state index in [1.165, 1.54) is 42.1 Å². The molecule has 2 N–H and O–H groups in total. The van der Waals surface area contributed by atoms with E-state index in [-0.39, 0.29) is 23.9 Å². The lowest BCUT2D eigenvalue weighted by molar-refractivity contribution is -0.385. The lowest BCUT2D eigenvalue weighted by atomic mass is 10.3. The van der Waals surface area contributed by atoms with Gasteiger partial charge in [0.1, 0.15) is 16.5 Å². The summed E-state index contributed by atoms with van der Waals surface area (Å²) in [4.78, 5) is 22.5. The summed E-state index contributed by atoms with van der Waals surface area (Å²) in [5.41, 5.74) is -0.129. The lowest BCUT2D eigenvalue weighted by Gasteiger charge is -2.12. The molecule has 3 rings (SSSR count). The first-order valence-electron chi connectivity index (χ1n) is 9.67. The van der Waals surface area contributed by atoms with Gasteiger partial charge in [0.05, 0.1) is 4.92 Å². The van der Waals surface area contributed by atoms with Crippen LogP contribution in [0.1, 0.15) is 23.8 Å². The molecule has 0 saturated carbocycles. The van der Waals surface area contributed by atoms with Gasteiger partial charge >= 0.3 is 0 Å². The second-order valence-corrected chi connectivity index (χ2v) is 8.58. The van der Waals surface area contributed by atoms with Crippen molar-refractivity contribution in [2.24, 2.45) is 7.05 Å². The number of amides is 1. The van der Waals surface area contributed by atoms with Gasteiger partial charge < -0.3 is 10.1 Å². The minimum absolute atomic E-state index is 0.0139. The molecule has 2 aromatic carbocycles. The average molecular weight is 477 g/mol. The Bertz CT molecular complexity index is 1290. The molecule has 0 aliphatic carbocycles. The molecular weight excluding hydrogens is 457 g/mol. The van der Waals surface area contributed by atoms with E-state index in [9.17, 15) is 27.7 Å². The molecule has 1 aromatic heterocycles. The van der Waals surface area contributed by atoms with E-state index in [4.69, 9.17) is 4.74 Å². The first-order valence-corrected chi connectivity index (χ1v) is 11.2. The molecule has 0 aliphatic rings. The molecule has 0 atom stereocenters. The molecule has 0 fully saturated rings. The molecule has 174 valence electrons. The minimum Gasteiger partial charge on any atom is -0.438 e. The molecule has 0 bridgehead atoms. The van der Waals surface area contributed by atoms with Crippen molar-refractivity contribution in [1.82, 2.24) is 14.5 Å². The van der Waals surface area contributed by atoms with Crippen LogP contribution in [0.15, 0.2) is 53.4 Å². The van der Waals surface area contributed by atoms with Crippen molar-refractivity contribution in [3.63, 3.8) is 0 Å². The summed E-state index contributed by atoms with van der Waals surface area (Å²) in [5.74, 6) is -1.23. The zero-order valence-corrected chi connectivity index (χ0v) is 18.4. The Hall–Kier alpha value is -3.84. The number of ether oxygens (including phenoxy) is 1. The van der Waals surface area contributed by atoms with Crippen LogP contribution in [-0.2, 0) is 17.1 Å². The number of benzene rings is 2. The standard InChI is InChI=1S/C20H20FN5O6S/c1-3-10-22-33(30,31)18-11-15(26(28)29)8-9-17(18)32-19-12-16(24-25(19)2)20(27)23-14-6-4-13(21)5-7-14/h4-9,11-12,22H,3,10H2,1-2H3,(H,23,27). The summed E-state index contributed by atoms with van der Waals surface area (Å²) in [6.45, 7) is 1.89. The van der Waals surface area contributed by atoms with Crippen LogP contribution in [0.2, 0.25) is 0 Å². The van der Waals surface area contributed by atoms with E-state index in [2.05, 4.69) is 15.1 Å². The molecular formula is C20H20FN5O6S. The fourth-order valence-electron chi connectivity index (χ4n) is 2.72. The highest BCUT2D eigenvalue weighted by molar-refractivity contribution is 7.89. The van der Waals surface area contributed by atoms with Crippen molar-refractivity contribution in [3.8, 4) is 11.6 Å². The Morgan fingerprint density at radius 1 is 1.21 bits per heavy atom. The SMILES string of the molecule is CCCNS(=O)(=O)c1cc([N+](=O)[O-])ccc1Oc1cc(C(=O)Nc2ccc(F)cc2)nn1C. The molecule has 13 heteroatoms. The Morgan fingerprint density at radius 3 is 2.55 bits per heavy atom. The Kier molecular flexibility index (Phi) is 7.04. The third-order valence-electron chi connectivity index (χ3n) is 4.36. The zero-order chi connectivity index (χ0) is 24.2. The number of hydrogen-bond donors (Lipinski definition) is 2. The number of sulfonamides is 1. The highest BCUT2D eigenvalue weighted by Crippen LogP contribution is 2.32. The first kappa shape index (κ1) is 23.8. The van der Waals surface area contributed by atoms with Crippen molar-refractivity contribution in [3.05, 3.63) is 70.2 Å². The monoisotopic (exact) mass is 477 g/mol. The van der Waals surface area contributed by atoms with Crippen LogP contribution < -0.4 is 14.8 Å². The number of aryl methyl sites for hydroxylation is 1. The average Bonchev–Trinajstić information content (AvgIpc) is 3.14. The number of nitro benzene ring substituents is 1. The van der Waals surface area contributed by atoms with Crippen LogP contribution in [0.4, 0.5) is 15.8 Å². The van der Waals surface area contributed by atoms with Crippen molar-refractivity contribution in [2.45, 2.75) is 18.2 Å². The maximum Gasteiger partial charge on any atom is 0.276 e. The summed E-state index contributed by atoms with van der Waals surface area (Å²) in [6, 6.07) is 9.56. The third kappa shape index (κ3) is 5.70. The second-order valence-electron chi connectivity index (χ2n) is 6.84. The summed E-state index contributed by atoms with van der Waals surface area (Å²) < 4.78 is 47.6. The number of anilines is 1. The number of nitro groups is 1. The molecule has 3 aromatic rings. The van der Waals surface area contributed by atoms with Crippen LogP contribution in [-0.4, -0.2) is 35.6 Å². The number of carbonyl (C=O) groups excluding carboxylic acids is 1. The molecule has 33 heavy (non-hydrogen) atoms. The maximum absolute atomic E-state index is 13.0. The number of nitrogens with one attached hydrogen (secondary N) is 2. The molecule has 0 unspecified atom stereocenters. The van der Waals surface area contributed by atoms with Gasteiger partial charge in [-0.3, -0.25) is 14.9 Å². The highest BCUT2D eigenvalue weighted by Gasteiger charge is 2.25. The molecule has 1 amide bonds. The van der Waals surface area contributed by atoms with Gasteiger partial charge in [-0.15, -0.1) is 0 Å². The number of aromatic nitrogens is 2. The van der Waals surface area contributed by atoms with E-state index in [1.54, 1.807) is 6.92 Å². The van der Waals surface area contributed by atoms with Gasteiger partial charge in [-0.2, -0.15) is 5.10 Å². The van der Waals surface area contributed by atoms with Gasteiger partial charge in [-0.25, -0.2) is 22.2 Å².